The van der Waals surface area contributed by atoms with Crippen LogP contribution in [0.1, 0.15) is 20.8 Å². The zero-order valence-corrected chi connectivity index (χ0v) is 11.3. The number of carbonyl (C=O) groups is 1. The first-order chi connectivity index (χ1) is 7.01. The summed E-state index contributed by atoms with van der Waals surface area (Å²) in [4.78, 5) is 13.6. The lowest BCUT2D eigenvalue weighted by atomic mass is 10.3. The van der Waals surface area contributed by atoms with Crippen molar-refractivity contribution in [1.29, 1.82) is 0 Å². The molecule has 0 saturated heterocycles. The first-order valence-corrected chi connectivity index (χ1v) is 6.11. The summed E-state index contributed by atoms with van der Waals surface area (Å²) >= 11 is 3.49. The van der Waals surface area contributed by atoms with Crippen molar-refractivity contribution in [3.05, 3.63) is 12.2 Å². The van der Waals surface area contributed by atoms with E-state index in [0.29, 0.717) is 12.2 Å². The third-order valence-corrected chi connectivity index (χ3v) is 2.65. The van der Waals surface area contributed by atoms with Crippen molar-refractivity contribution in [2.24, 2.45) is 0 Å². The van der Waals surface area contributed by atoms with E-state index in [9.17, 15) is 4.79 Å². The molecule has 3 nitrogen and oxygen atoms in total. The lowest BCUT2D eigenvalue weighted by Gasteiger charge is -2.21. The Morgan fingerprint density at radius 2 is 2.00 bits per heavy atom. The van der Waals surface area contributed by atoms with Gasteiger partial charge in [-0.05, 0) is 20.0 Å². The monoisotopic (exact) mass is 277 g/mol. The first-order valence-electron chi connectivity index (χ1n) is 5.20. The van der Waals surface area contributed by atoms with Crippen LogP contribution in [-0.4, -0.2) is 41.9 Å². The predicted octanol–water partition coefficient (Wildman–Crippen LogP) is 2.21. The van der Waals surface area contributed by atoms with E-state index in [4.69, 9.17) is 4.74 Å². The number of nitrogens with zero attached hydrogens (tertiary/aromatic N) is 1. The van der Waals surface area contributed by atoms with Crippen LogP contribution in [0.5, 0.6) is 0 Å². The standard InChI is InChI=1S/C11H20BrNO2/c1-5-13(6-2)7-10(12)8-15-11(14)9(3)4/h10H,3,5-8H2,1-2,4H3. The number of esters is 1. The highest BCUT2D eigenvalue weighted by molar-refractivity contribution is 9.09. The number of alkyl halides is 1. The fourth-order valence-corrected chi connectivity index (χ4v) is 1.65. The van der Waals surface area contributed by atoms with Crippen molar-refractivity contribution in [2.75, 3.05) is 26.2 Å². The normalized spacial score (nSPS) is 12.6. The molecule has 0 fully saturated rings. The molecule has 0 bridgehead atoms. The zero-order valence-electron chi connectivity index (χ0n) is 9.75. The summed E-state index contributed by atoms with van der Waals surface area (Å²) in [5.41, 5.74) is 0.442. The Hall–Kier alpha value is -0.350. The second kappa shape index (κ2) is 7.88. The Balaban J connectivity index is 3.78. The van der Waals surface area contributed by atoms with E-state index < -0.39 is 0 Å². The molecule has 0 aliphatic carbocycles. The Kier molecular flexibility index (Phi) is 7.70. The minimum absolute atomic E-state index is 0.181. The van der Waals surface area contributed by atoms with Gasteiger partial charge in [0.05, 0.1) is 4.83 Å². The average molecular weight is 278 g/mol. The van der Waals surface area contributed by atoms with Gasteiger partial charge in [-0.15, -0.1) is 0 Å². The van der Waals surface area contributed by atoms with Gasteiger partial charge < -0.3 is 9.64 Å². The summed E-state index contributed by atoms with van der Waals surface area (Å²) < 4.78 is 5.04. The molecule has 0 aliphatic rings. The number of halogens is 1. The van der Waals surface area contributed by atoms with Gasteiger partial charge >= 0.3 is 5.97 Å². The molecule has 88 valence electrons. The van der Waals surface area contributed by atoms with Crippen molar-refractivity contribution < 1.29 is 9.53 Å². The van der Waals surface area contributed by atoms with Gasteiger partial charge in [0.1, 0.15) is 6.61 Å². The van der Waals surface area contributed by atoms with E-state index in [0.717, 1.165) is 19.6 Å². The van der Waals surface area contributed by atoms with Crippen LogP contribution in [0, 0.1) is 0 Å². The fourth-order valence-electron chi connectivity index (χ4n) is 1.10. The fraction of sp³-hybridized carbons (Fsp3) is 0.727. The van der Waals surface area contributed by atoms with Gasteiger partial charge in [-0.25, -0.2) is 4.79 Å². The lowest BCUT2D eigenvalue weighted by molar-refractivity contribution is -0.138. The van der Waals surface area contributed by atoms with E-state index in [1.807, 2.05) is 0 Å². The van der Waals surface area contributed by atoms with Crippen LogP contribution in [0.3, 0.4) is 0 Å². The molecule has 0 aromatic carbocycles. The molecule has 15 heavy (non-hydrogen) atoms. The van der Waals surface area contributed by atoms with Crippen molar-refractivity contribution in [1.82, 2.24) is 4.90 Å². The van der Waals surface area contributed by atoms with Crippen LogP contribution >= 0.6 is 15.9 Å². The van der Waals surface area contributed by atoms with Gasteiger partial charge in [-0.2, -0.15) is 0 Å². The summed E-state index contributed by atoms with van der Waals surface area (Å²) in [5.74, 6) is -0.320. The maximum atomic E-state index is 11.1. The number of hydrogen-bond acceptors (Lipinski definition) is 3. The predicted molar refractivity (Wildman–Crippen MR) is 66.3 cm³/mol. The van der Waals surface area contributed by atoms with E-state index in [2.05, 4.69) is 41.3 Å². The van der Waals surface area contributed by atoms with Gasteiger partial charge in [-0.3, -0.25) is 0 Å². The topological polar surface area (TPSA) is 29.5 Å². The van der Waals surface area contributed by atoms with Crippen molar-refractivity contribution in [3.8, 4) is 0 Å². The van der Waals surface area contributed by atoms with Gasteiger partial charge in [-0.1, -0.05) is 36.4 Å². The van der Waals surface area contributed by atoms with Crippen LogP contribution in [0.15, 0.2) is 12.2 Å². The highest BCUT2D eigenvalue weighted by Gasteiger charge is 2.11. The summed E-state index contributed by atoms with van der Waals surface area (Å²) in [6.07, 6.45) is 0. The summed E-state index contributed by atoms with van der Waals surface area (Å²) in [6, 6.07) is 0. The Morgan fingerprint density at radius 1 is 1.47 bits per heavy atom. The maximum absolute atomic E-state index is 11.1. The molecular formula is C11H20BrNO2. The van der Waals surface area contributed by atoms with Gasteiger partial charge in [0.15, 0.2) is 0 Å². The highest BCUT2D eigenvalue weighted by Crippen LogP contribution is 2.05. The molecule has 0 rings (SSSR count). The van der Waals surface area contributed by atoms with Crippen LogP contribution in [0.25, 0.3) is 0 Å². The van der Waals surface area contributed by atoms with Gasteiger partial charge in [0, 0.05) is 12.1 Å². The van der Waals surface area contributed by atoms with Crippen LogP contribution in [0.4, 0.5) is 0 Å². The lowest BCUT2D eigenvalue weighted by Crippen LogP contribution is -2.32. The average Bonchev–Trinajstić information content (AvgIpc) is 2.22. The summed E-state index contributed by atoms with van der Waals surface area (Å²) in [7, 11) is 0. The summed E-state index contributed by atoms with van der Waals surface area (Å²) in [5, 5.41) is 0. The van der Waals surface area contributed by atoms with Crippen molar-refractivity contribution in [2.45, 2.75) is 25.6 Å². The van der Waals surface area contributed by atoms with Crippen molar-refractivity contribution in [3.63, 3.8) is 0 Å². The second-order valence-electron chi connectivity index (χ2n) is 3.46. The molecule has 0 N–H and O–H groups in total. The van der Waals surface area contributed by atoms with E-state index in [-0.39, 0.29) is 10.8 Å². The first kappa shape index (κ1) is 14.6. The van der Waals surface area contributed by atoms with Gasteiger partial charge in [0.2, 0.25) is 0 Å². The SMILES string of the molecule is C=C(C)C(=O)OCC(Br)CN(CC)CC. The molecule has 0 aliphatic heterocycles. The molecule has 0 aromatic rings. The Bertz CT molecular complexity index is 215. The molecule has 0 heterocycles. The molecule has 1 atom stereocenters. The molecular weight excluding hydrogens is 258 g/mol. The van der Waals surface area contributed by atoms with E-state index >= 15 is 0 Å². The minimum Gasteiger partial charge on any atom is -0.461 e. The quantitative estimate of drug-likeness (QED) is 0.406. The maximum Gasteiger partial charge on any atom is 0.333 e. The second-order valence-corrected chi connectivity index (χ2v) is 4.76. The molecule has 1 unspecified atom stereocenters. The molecule has 0 saturated carbocycles. The van der Waals surface area contributed by atoms with E-state index in [1.54, 1.807) is 6.92 Å². The highest BCUT2D eigenvalue weighted by atomic mass is 79.9. The Morgan fingerprint density at radius 3 is 2.40 bits per heavy atom. The van der Waals surface area contributed by atoms with Crippen LogP contribution in [0.2, 0.25) is 0 Å². The number of carbonyl (C=O) groups excluding carboxylic acids is 1. The molecule has 0 amide bonds. The summed E-state index contributed by atoms with van der Waals surface area (Å²) in [6.45, 7) is 12.7. The minimum atomic E-state index is -0.320. The van der Waals surface area contributed by atoms with Gasteiger partial charge in [0.25, 0.3) is 0 Å². The molecule has 4 heteroatoms. The number of rotatable bonds is 7. The molecule has 0 radical (unpaired) electrons. The third-order valence-electron chi connectivity index (χ3n) is 2.09. The third kappa shape index (κ3) is 6.68. The number of ether oxygens (including phenoxy) is 1. The zero-order chi connectivity index (χ0) is 11.8. The molecule has 0 aromatic heterocycles. The number of hydrogen-bond donors (Lipinski definition) is 0. The van der Waals surface area contributed by atoms with Crippen LogP contribution < -0.4 is 0 Å². The van der Waals surface area contributed by atoms with Crippen molar-refractivity contribution >= 4 is 21.9 Å². The molecule has 0 spiro atoms. The van der Waals surface area contributed by atoms with E-state index in [1.165, 1.54) is 0 Å². The Labute approximate surface area is 101 Å². The largest absolute Gasteiger partial charge is 0.461 e. The van der Waals surface area contributed by atoms with Crippen LogP contribution in [-0.2, 0) is 9.53 Å². The smallest absolute Gasteiger partial charge is 0.333 e.